The smallest absolute Gasteiger partial charge is 0.269 e. The number of aliphatic imine (C=N–C) groups is 1. The molecule has 3 rings (SSSR count). The van der Waals surface area contributed by atoms with Crippen LogP contribution in [-0.4, -0.2) is 30.8 Å². The fourth-order valence-electron chi connectivity index (χ4n) is 2.66. The summed E-state index contributed by atoms with van der Waals surface area (Å²) in [7, 11) is 1.60. The lowest BCUT2D eigenvalue weighted by Crippen LogP contribution is -2.43. The van der Waals surface area contributed by atoms with Gasteiger partial charge in [-0.1, -0.05) is 44.2 Å². The highest BCUT2D eigenvalue weighted by Gasteiger charge is 2.27. The standard InChI is InChI=1S/C20H21N3O3/c1-12(2)19(24)23-18-20(25)21-16-10-5-4-9-15(16)17(22-18)13-7-6-8-14(11-13)26-3/h4-12,18H,1-3H3,(H,21,25)(H,23,24). The number of anilines is 1. The highest BCUT2D eigenvalue weighted by Crippen LogP contribution is 2.25. The molecular weight excluding hydrogens is 330 g/mol. The van der Waals surface area contributed by atoms with E-state index in [0.29, 0.717) is 17.1 Å². The van der Waals surface area contributed by atoms with Crippen molar-refractivity contribution in [2.45, 2.75) is 20.0 Å². The lowest BCUT2D eigenvalue weighted by Gasteiger charge is -2.15. The van der Waals surface area contributed by atoms with Gasteiger partial charge in [-0.15, -0.1) is 0 Å². The van der Waals surface area contributed by atoms with Gasteiger partial charge >= 0.3 is 0 Å². The number of hydrogen-bond donors (Lipinski definition) is 2. The first-order valence-corrected chi connectivity index (χ1v) is 8.42. The van der Waals surface area contributed by atoms with Crippen LogP contribution in [0.1, 0.15) is 25.0 Å². The van der Waals surface area contributed by atoms with Crippen LogP contribution in [0.15, 0.2) is 53.5 Å². The summed E-state index contributed by atoms with van der Waals surface area (Å²) in [6.45, 7) is 3.54. The number of nitrogens with zero attached hydrogens (tertiary/aromatic N) is 1. The normalized spacial score (nSPS) is 16.2. The van der Waals surface area contributed by atoms with E-state index in [-0.39, 0.29) is 17.7 Å². The van der Waals surface area contributed by atoms with E-state index in [4.69, 9.17) is 4.74 Å². The number of amides is 2. The summed E-state index contributed by atoms with van der Waals surface area (Å²) >= 11 is 0. The number of fused-ring (bicyclic) bond motifs is 1. The van der Waals surface area contributed by atoms with Gasteiger partial charge in [0.25, 0.3) is 5.91 Å². The van der Waals surface area contributed by atoms with Gasteiger partial charge in [-0.3, -0.25) is 9.59 Å². The van der Waals surface area contributed by atoms with Crippen molar-refractivity contribution < 1.29 is 14.3 Å². The van der Waals surface area contributed by atoms with E-state index < -0.39 is 6.17 Å². The molecule has 6 heteroatoms. The molecule has 6 nitrogen and oxygen atoms in total. The van der Waals surface area contributed by atoms with Crippen LogP contribution in [0.2, 0.25) is 0 Å². The third-order valence-electron chi connectivity index (χ3n) is 4.09. The van der Waals surface area contributed by atoms with Crippen molar-refractivity contribution in [2.24, 2.45) is 10.9 Å². The molecule has 0 fully saturated rings. The lowest BCUT2D eigenvalue weighted by atomic mass is 10.0. The van der Waals surface area contributed by atoms with Crippen LogP contribution in [0, 0.1) is 5.92 Å². The number of nitrogens with one attached hydrogen (secondary N) is 2. The van der Waals surface area contributed by atoms with E-state index >= 15 is 0 Å². The van der Waals surface area contributed by atoms with Crippen molar-refractivity contribution in [3.8, 4) is 5.75 Å². The van der Waals surface area contributed by atoms with Crippen molar-refractivity contribution in [3.63, 3.8) is 0 Å². The van der Waals surface area contributed by atoms with Gasteiger partial charge in [0.15, 0.2) is 0 Å². The molecule has 2 aromatic carbocycles. The second-order valence-corrected chi connectivity index (χ2v) is 6.31. The summed E-state index contributed by atoms with van der Waals surface area (Å²) in [5.74, 6) is -0.160. The Bertz CT molecular complexity index is 874. The fraction of sp³-hybridized carbons (Fsp3) is 0.250. The van der Waals surface area contributed by atoms with E-state index in [0.717, 1.165) is 11.1 Å². The third kappa shape index (κ3) is 3.59. The van der Waals surface area contributed by atoms with Crippen molar-refractivity contribution >= 4 is 23.2 Å². The molecule has 0 radical (unpaired) electrons. The maximum absolute atomic E-state index is 12.6. The SMILES string of the molecule is COc1cccc(C2=NC(NC(=O)C(C)C)C(=O)Nc3ccccc32)c1. The first-order chi connectivity index (χ1) is 12.5. The zero-order valence-electron chi connectivity index (χ0n) is 14.9. The number of benzene rings is 2. The molecule has 0 aliphatic carbocycles. The predicted molar refractivity (Wildman–Crippen MR) is 100 cm³/mol. The zero-order valence-corrected chi connectivity index (χ0v) is 14.9. The first-order valence-electron chi connectivity index (χ1n) is 8.42. The minimum Gasteiger partial charge on any atom is -0.497 e. The predicted octanol–water partition coefficient (Wildman–Crippen LogP) is 2.58. The van der Waals surface area contributed by atoms with Gasteiger partial charge in [-0.25, -0.2) is 4.99 Å². The molecule has 26 heavy (non-hydrogen) atoms. The summed E-state index contributed by atoms with van der Waals surface area (Å²) in [5, 5.41) is 5.55. The molecular formula is C20H21N3O3. The van der Waals surface area contributed by atoms with Gasteiger partial charge in [0.05, 0.1) is 18.5 Å². The number of rotatable bonds is 4. The third-order valence-corrected chi connectivity index (χ3v) is 4.09. The molecule has 1 aliphatic rings. The topological polar surface area (TPSA) is 79.8 Å². The Morgan fingerprint density at radius 3 is 2.69 bits per heavy atom. The number of carbonyl (C=O) groups excluding carboxylic acids is 2. The first kappa shape index (κ1) is 17.7. The average Bonchev–Trinajstić information content (AvgIpc) is 2.78. The van der Waals surface area contributed by atoms with Crippen LogP contribution in [0.25, 0.3) is 0 Å². The van der Waals surface area contributed by atoms with Gasteiger partial charge in [0.1, 0.15) is 5.75 Å². The quantitative estimate of drug-likeness (QED) is 0.888. The van der Waals surface area contributed by atoms with Crippen LogP contribution in [0.4, 0.5) is 5.69 Å². The summed E-state index contributed by atoms with van der Waals surface area (Å²) < 4.78 is 5.30. The molecule has 0 bridgehead atoms. The number of para-hydroxylation sites is 1. The maximum Gasteiger partial charge on any atom is 0.269 e. The minimum atomic E-state index is -1.00. The molecule has 2 N–H and O–H groups in total. The molecule has 0 aromatic heterocycles. The Labute approximate surface area is 152 Å². The molecule has 2 amide bonds. The van der Waals surface area contributed by atoms with E-state index in [9.17, 15) is 9.59 Å². The molecule has 2 aromatic rings. The van der Waals surface area contributed by atoms with Crippen LogP contribution in [0.3, 0.4) is 0 Å². The summed E-state index contributed by atoms with van der Waals surface area (Å²) in [4.78, 5) is 29.3. The Morgan fingerprint density at radius 2 is 1.96 bits per heavy atom. The molecule has 1 aliphatic heterocycles. The molecule has 0 saturated heterocycles. The second kappa shape index (κ2) is 7.39. The Morgan fingerprint density at radius 1 is 1.19 bits per heavy atom. The number of benzodiazepines with no additional fused rings is 1. The van der Waals surface area contributed by atoms with Gasteiger partial charge in [0, 0.05) is 17.0 Å². The number of carbonyl (C=O) groups is 2. The number of ether oxygens (including phenoxy) is 1. The summed E-state index contributed by atoms with van der Waals surface area (Å²) in [6.07, 6.45) is -1.00. The molecule has 1 unspecified atom stereocenters. The Balaban J connectivity index is 2.11. The van der Waals surface area contributed by atoms with E-state index in [2.05, 4.69) is 15.6 Å². The monoisotopic (exact) mass is 351 g/mol. The van der Waals surface area contributed by atoms with Gasteiger partial charge in [-0.2, -0.15) is 0 Å². The van der Waals surface area contributed by atoms with Crippen LogP contribution < -0.4 is 15.4 Å². The molecule has 1 atom stereocenters. The van der Waals surface area contributed by atoms with E-state index in [1.807, 2.05) is 48.5 Å². The summed E-state index contributed by atoms with van der Waals surface area (Å²) in [6, 6.07) is 14.9. The molecule has 134 valence electrons. The highest BCUT2D eigenvalue weighted by atomic mass is 16.5. The number of hydrogen-bond acceptors (Lipinski definition) is 4. The van der Waals surface area contributed by atoms with Gasteiger partial charge < -0.3 is 15.4 Å². The Hall–Kier alpha value is -3.15. The van der Waals surface area contributed by atoms with Crippen molar-refractivity contribution in [1.82, 2.24) is 5.32 Å². The van der Waals surface area contributed by atoms with Gasteiger partial charge in [-0.05, 0) is 18.2 Å². The van der Waals surface area contributed by atoms with E-state index in [1.54, 1.807) is 21.0 Å². The second-order valence-electron chi connectivity index (χ2n) is 6.31. The van der Waals surface area contributed by atoms with Crippen LogP contribution in [-0.2, 0) is 9.59 Å². The minimum absolute atomic E-state index is 0.232. The van der Waals surface area contributed by atoms with Crippen LogP contribution in [0.5, 0.6) is 5.75 Å². The average molecular weight is 351 g/mol. The zero-order chi connectivity index (χ0) is 18.7. The van der Waals surface area contributed by atoms with Crippen molar-refractivity contribution in [1.29, 1.82) is 0 Å². The van der Waals surface area contributed by atoms with Crippen molar-refractivity contribution in [3.05, 3.63) is 59.7 Å². The van der Waals surface area contributed by atoms with Crippen molar-refractivity contribution in [2.75, 3.05) is 12.4 Å². The fourth-order valence-corrected chi connectivity index (χ4v) is 2.66. The molecule has 0 spiro atoms. The highest BCUT2D eigenvalue weighted by molar-refractivity contribution is 6.20. The van der Waals surface area contributed by atoms with Gasteiger partial charge in [0.2, 0.25) is 12.1 Å². The van der Waals surface area contributed by atoms with Crippen LogP contribution >= 0.6 is 0 Å². The molecule has 0 saturated carbocycles. The molecule has 1 heterocycles. The summed E-state index contributed by atoms with van der Waals surface area (Å²) in [5.41, 5.74) is 2.86. The largest absolute Gasteiger partial charge is 0.497 e. The lowest BCUT2D eigenvalue weighted by molar-refractivity contribution is -0.128. The Kier molecular flexibility index (Phi) is 5.02. The maximum atomic E-state index is 12.6. The van der Waals surface area contributed by atoms with E-state index in [1.165, 1.54) is 0 Å². The number of methoxy groups -OCH3 is 1.